The minimum absolute atomic E-state index is 0.141. The third-order valence-corrected chi connectivity index (χ3v) is 6.29. The standard InChI is InChI=1S/C26H36N4O4/c1-4-19(15-20(5-2)17-24(31)29-27)16-23-18(3)28-26(34-23)21-8-10-22(11-9-21)33-14-13-30-12-6-7-25(30)32/h8-11,16,20H,4-7,12-15,17,27H2,1-3H3,(H,29,31). The highest BCUT2D eigenvalue weighted by atomic mass is 16.5. The SMILES string of the molecule is CCC(=Cc1oc(-c2ccc(OCCN3CCCC3=O)cc2)nc1C)CC(CC)CC(=O)NN. The Morgan fingerprint density at radius 3 is 2.68 bits per heavy atom. The Balaban J connectivity index is 1.62. The second-order valence-electron chi connectivity index (χ2n) is 8.73. The highest BCUT2D eigenvalue weighted by Crippen LogP contribution is 2.28. The Morgan fingerprint density at radius 1 is 1.29 bits per heavy atom. The van der Waals surface area contributed by atoms with Gasteiger partial charge in [-0.3, -0.25) is 15.0 Å². The van der Waals surface area contributed by atoms with Crippen molar-refractivity contribution in [3.63, 3.8) is 0 Å². The molecule has 0 saturated carbocycles. The van der Waals surface area contributed by atoms with Gasteiger partial charge in [-0.1, -0.05) is 25.8 Å². The van der Waals surface area contributed by atoms with Gasteiger partial charge in [0.2, 0.25) is 17.7 Å². The summed E-state index contributed by atoms with van der Waals surface area (Å²) in [6, 6.07) is 7.63. The van der Waals surface area contributed by atoms with Gasteiger partial charge >= 0.3 is 0 Å². The Hall–Kier alpha value is -3.13. The minimum Gasteiger partial charge on any atom is -0.492 e. The predicted molar refractivity (Wildman–Crippen MR) is 132 cm³/mol. The lowest BCUT2D eigenvalue weighted by atomic mass is 9.92. The van der Waals surface area contributed by atoms with Crippen molar-refractivity contribution in [1.29, 1.82) is 0 Å². The van der Waals surface area contributed by atoms with Gasteiger partial charge in [0.1, 0.15) is 12.4 Å². The summed E-state index contributed by atoms with van der Waals surface area (Å²) in [6.45, 7) is 8.03. The van der Waals surface area contributed by atoms with E-state index in [9.17, 15) is 9.59 Å². The first-order valence-corrected chi connectivity index (χ1v) is 12.1. The molecule has 0 spiro atoms. The molecule has 2 aromatic rings. The van der Waals surface area contributed by atoms with E-state index in [1.165, 1.54) is 5.57 Å². The van der Waals surface area contributed by atoms with Gasteiger partial charge in [-0.15, -0.1) is 0 Å². The van der Waals surface area contributed by atoms with E-state index in [1.54, 1.807) is 0 Å². The second kappa shape index (κ2) is 12.4. The van der Waals surface area contributed by atoms with Crippen LogP contribution in [-0.2, 0) is 9.59 Å². The van der Waals surface area contributed by atoms with Crippen molar-refractivity contribution >= 4 is 17.9 Å². The molecule has 0 bridgehead atoms. The van der Waals surface area contributed by atoms with Crippen molar-refractivity contribution < 1.29 is 18.7 Å². The monoisotopic (exact) mass is 468 g/mol. The van der Waals surface area contributed by atoms with E-state index < -0.39 is 0 Å². The summed E-state index contributed by atoms with van der Waals surface area (Å²) in [6.07, 6.45) is 6.61. The molecule has 0 aliphatic carbocycles. The maximum absolute atomic E-state index is 11.7. The van der Waals surface area contributed by atoms with Gasteiger partial charge < -0.3 is 14.1 Å². The maximum Gasteiger partial charge on any atom is 0.234 e. The van der Waals surface area contributed by atoms with Crippen LogP contribution in [0.2, 0.25) is 0 Å². The summed E-state index contributed by atoms with van der Waals surface area (Å²) in [4.78, 5) is 29.8. The van der Waals surface area contributed by atoms with E-state index in [4.69, 9.17) is 15.0 Å². The van der Waals surface area contributed by atoms with Gasteiger partial charge in [-0.05, 0) is 62.4 Å². The van der Waals surface area contributed by atoms with E-state index in [0.717, 1.165) is 55.0 Å². The molecule has 1 aromatic carbocycles. The summed E-state index contributed by atoms with van der Waals surface area (Å²) < 4.78 is 11.9. The summed E-state index contributed by atoms with van der Waals surface area (Å²) in [5, 5.41) is 0. The number of rotatable bonds is 12. The van der Waals surface area contributed by atoms with E-state index >= 15 is 0 Å². The zero-order valence-electron chi connectivity index (χ0n) is 20.4. The Labute approximate surface area is 201 Å². The van der Waals surface area contributed by atoms with Crippen LogP contribution < -0.4 is 16.0 Å². The molecule has 34 heavy (non-hydrogen) atoms. The Bertz CT molecular complexity index is 997. The number of nitrogens with zero attached hydrogens (tertiary/aromatic N) is 2. The Morgan fingerprint density at radius 2 is 2.06 bits per heavy atom. The zero-order valence-corrected chi connectivity index (χ0v) is 20.4. The number of likely N-dealkylation sites (tertiary alicyclic amines) is 1. The van der Waals surface area contributed by atoms with Gasteiger partial charge in [0, 0.05) is 24.9 Å². The predicted octanol–water partition coefficient (Wildman–Crippen LogP) is 4.24. The molecule has 8 nitrogen and oxygen atoms in total. The number of benzene rings is 1. The average Bonchev–Trinajstić information content (AvgIpc) is 3.43. The lowest BCUT2D eigenvalue weighted by molar-refractivity contribution is -0.128. The molecule has 0 radical (unpaired) electrons. The number of nitrogens with one attached hydrogen (secondary N) is 1. The smallest absolute Gasteiger partial charge is 0.234 e. The van der Waals surface area contributed by atoms with Gasteiger partial charge in [-0.25, -0.2) is 10.8 Å². The van der Waals surface area contributed by atoms with E-state index in [1.807, 2.05) is 42.2 Å². The molecule has 1 saturated heterocycles. The second-order valence-corrected chi connectivity index (χ2v) is 8.73. The van der Waals surface area contributed by atoms with Gasteiger partial charge in [0.25, 0.3) is 0 Å². The molecule has 1 aliphatic rings. The highest BCUT2D eigenvalue weighted by molar-refractivity contribution is 5.78. The summed E-state index contributed by atoms with van der Waals surface area (Å²) in [5.74, 6) is 7.59. The van der Waals surface area contributed by atoms with Crippen molar-refractivity contribution in [1.82, 2.24) is 15.3 Å². The number of oxazole rings is 1. The van der Waals surface area contributed by atoms with Crippen molar-refractivity contribution in [2.75, 3.05) is 19.7 Å². The van der Waals surface area contributed by atoms with Crippen LogP contribution >= 0.6 is 0 Å². The number of aromatic nitrogens is 1. The topological polar surface area (TPSA) is 111 Å². The molecule has 3 N–H and O–H groups in total. The largest absolute Gasteiger partial charge is 0.492 e. The van der Waals surface area contributed by atoms with Crippen LogP contribution in [0.4, 0.5) is 0 Å². The fourth-order valence-corrected chi connectivity index (χ4v) is 4.12. The minimum atomic E-state index is -0.141. The van der Waals surface area contributed by atoms with Gasteiger partial charge in [0.15, 0.2) is 5.76 Å². The van der Waals surface area contributed by atoms with Crippen LogP contribution in [0.3, 0.4) is 0 Å². The lowest BCUT2D eigenvalue weighted by Gasteiger charge is -2.15. The fourth-order valence-electron chi connectivity index (χ4n) is 4.12. The molecule has 2 heterocycles. The molecular formula is C26H36N4O4. The molecule has 1 aliphatic heterocycles. The molecule has 3 rings (SSSR count). The van der Waals surface area contributed by atoms with Gasteiger partial charge in [0.05, 0.1) is 12.2 Å². The van der Waals surface area contributed by atoms with E-state index in [-0.39, 0.29) is 17.7 Å². The molecule has 1 atom stereocenters. The first kappa shape index (κ1) is 25.5. The van der Waals surface area contributed by atoms with Crippen LogP contribution in [0.1, 0.15) is 63.8 Å². The third kappa shape index (κ3) is 6.93. The number of allylic oxidation sites excluding steroid dienone is 1. The van der Waals surface area contributed by atoms with Crippen LogP contribution in [0.25, 0.3) is 17.5 Å². The average molecular weight is 469 g/mol. The molecular weight excluding hydrogens is 432 g/mol. The number of carbonyl (C=O) groups excluding carboxylic acids is 2. The van der Waals surface area contributed by atoms with E-state index in [0.29, 0.717) is 31.9 Å². The van der Waals surface area contributed by atoms with Crippen molar-refractivity contribution in [3.8, 4) is 17.2 Å². The number of hydrogen-bond acceptors (Lipinski definition) is 6. The van der Waals surface area contributed by atoms with Crippen LogP contribution in [-0.4, -0.2) is 41.4 Å². The number of nitrogens with two attached hydrogens (primary N) is 1. The molecule has 1 fully saturated rings. The first-order chi connectivity index (χ1) is 16.4. The van der Waals surface area contributed by atoms with Crippen LogP contribution in [0.15, 0.2) is 34.3 Å². The van der Waals surface area contributed by atoms with Gasteiger partial charge in [-0.2, -0.15) is 0 Å². The number of hydrogen-bond donors (Lipinski definition) is 2. The number of ether oxygens (including phenoxy) is 1. The van der Waals surface area contributed by atoms with Crippen LogP contribution in [0.5, 0.6) is 5.75 Å². The number of aryl methyl sites for hydroxylation is 1. The first-order valence-electron chi connectivity index (χ1n) is 12.1. The maximum atomic E-state index is 11.7. The van der Waals surface area contributed by atoms with Crippen molar-refractivity contribution in [2.24, 2.45) is 11.8 Å². The molecule has 8 heteroatoms. The third-order valence-electron chi connectivity index (χ3n) is 6.29. The number of amides is 2. The molecule has 184 valence electrons. The quantitative estimate of drug-likeness (QED) is 0.274. The fraction of sp³-hybridized carbons (Fsp3) is 0.500. The van der Waals surface area contributed by atoms with Crippen molar-refractivity contribution in [2.45, 2.75) is 59.3 Å². The van der Waals surface area contributed by atoms with Crippen LogP contribution in [0, 0.1) is 12.8 Å². The molecule has 1 aromatic heterocycles. The number of hydrazine groups is 1. The zero-order chi connectivity index (χ0) is 24.5. The molecule has 1 unspecified atom stereocenters. The lowest BCUT2D eigenvalue weighted by Crippen LogP contribution is -2.31. The summed E-state index contributed by atoms with van der Waals surface area (Å²) in [7, 11) is 0. The van der Waals surface area contributed by atoms with Crippen molar-refractivity contribution in [3.05, 3.63) is 41.3 Å². The Kier molecular flexibility index (Phi) is 9.27. The molecule has 2 amide bonds. The van der Waals surface area contributed by atoms with E-state index in [2.05, 4.69) is 24.3 Å². The number of carbonyl (C=O) groups is 2. The summed E-state index contributed by atoms with van der Waals surface area (Å²) >= 11 is 0. The highest BCUT2D eigenvalue weighted by Gasteiger charge is 2.19. The summed E-state index contributed by atoms with van der Waals surface area (Å²) in [5.41, 5.74) is 5.12. The normalized spacial score (nSPS) is 15.0.